The normalized spacial score (nSPS) is 23.7. The number of benzene rings is 3. The lowest BCUT2D eigenvalue weighted by Crippen LogP contribution is -2.54. The Balaban J connectivity index is 1.51. The monoisotopic (exact) mass is 458 g/mol. The van der Waals surface area contributed by atoms with Gasteiger partial charge in [0.25, 0.3) is 0 Å². The molecule has 0 aliphatic heterocycles. The van der Waals surface area contributed by atoms with Crippen LogP contribution < -0.4 is 0 Å². The van der Waals surface area contributed by atoms with Crippen molar-refractivity contribution in [2.75, 3.05) is 6.61 Å². The summed E-state index contributed by atoms with van der Waals surface area (Å²) >= 11 is 0. The average molecular weight is 459 g/mol. The first kappa shape index (κ1) is 24.4. The molecule has 1 aliphatic carbocycles. The van der Waals surface area contributed by atoms with Crippen molar-refractivity contribution in [3.63, 3.8) is 0 Å². The van der Waals surface area contributed by atoms with Gasteiger partial charge in [0.1, 0.15) is 17.8 Å². The van der Waals surface area contributed by atoms with E-state index in [4.69, 9.17) is 14.2 Å². The molecular formula is C30H34O4. The van der Waals surface area contributed by atoms with Crippen LogP contribution in [0.3, 0.4) is 0 Å². The zero-order valence-electron chi connectivity index (χ0n) is 19.6. The van der Waals surface area contributed by atoms with Crippen molar-refractivity contribution < 1.29 is 19.3 Å². The standard InChI is InChI=1S/C30H34O4/c31-30(24-32-21-25-13-5-1-6-14-25)20-12-4-11-19-28(33-22-26-15-7-2-8-16-26)29(30)34-23-27-17-9-3-10-18-27/h1-3,5-11,13-19,28-29,31H,4,12,20-24H2/b19-11-/t28-,29+,30-/m1/s1. The Morgan fingerprint density at radius 3 is 1.82 bits per heavy atom. The van der Waals surface area contributed by atoms with Gasteiger partial charge >= 0.3 is 0 Å². The summed E-state index contributed by atoms with van der Waals surface area (Å²) < 4.78 is 18.8. The van der Waals surface area contributed by atoms with Crippen LogP contribution in [0.1, 0.15) is 36.0 Å². The van der Waals surface area contributed by atoms with E-state index in [9.17, 15) is 5.11 Å². The van der Waals surface area contributed by atoms with Gasteiger partial charge in [0, 0.05) is 0 Å². The van der Waals surface area contributed by atoms with Crippen molar-refractivity contribution in [2.45, 2.75) is 56.9 Å². The fourth-order valence-corrected chi connectivity index (χ4v) is 4.30. The van der Waals surface area contributed by atoms with Gasteiger partial charge in [-0.3, -0.25) is 0 Å². The molecule has 1 N–H and O–H groups in total. The number of aliphatic hydroxyl groups is 1. The molecule has 3 aromatic rings. The molecule has 0 spiro atoms. The van der Waals surface area contributed by atoms with Gasteiger partial charge in [0.15, 0.2) is 0 Å². The Bertz CT molecular complexity index is 990. The molecule has 0 saturated carbocycles. The summed E-state index contributed by atoms with van der Waals surface area (Å²) in [4.78, 5) is 0. The minimum atomic E-state index is -1.17. The first-order valence-corrected chi connectivity index (χ1v) is 12.0. The molecule has 4 nitrogen and oxygen atoms in total. The highest BCUT2D eigenvalue weighted by Gasteiger charge is 2.43. The highest BCUT2D eigenvalue weighted by Crippen LogP contribution is 2.30. The van der Waals surface area contributed by atoms with E-state index in [0.29, 0.717) is 26.2 Å². The van der Waals surface area contributed by atoms with Gasteiger partial charge in [0.05, 0.1) is 26.4 Å². The van der Waals surface area contributed by atoms with Gasteiger partial charge in [-0.25, -0.2) is 0 Å². The second-order valence-corrected chi connectivity index (χ2v) is 8.88. The number of hydrogen-bond donors (Lipinski definition) is 1. The zero-order valence-corrected chi connectivity index (χ0v) is 19.6. The number of hydrogen-bond acceptors (Lipinski definition) is 4. The third kappa shape index (κ3) is 7.12. The van der Waals surface area contributed by atoms with Crippen LogP contribution in [0.4, 0.5) is 0 Å². The molecule has 4 heteroatoms. The van der Waals surface area contributed by atoms with Crippen molar-refractivity contribution in [2.24, 2.45) is 0 Å². The molecule has 0 bridgehead atoms. The lowest BCUT2D eigenvalue weighted by molar-refractivity contribution is -0.191. The molecule has 0 radical (unpaired) electrons. The van der Waals surface area contributed by atoms with E-state index in [0.717, 1.165) is 29.5 Å². The molecule has 34 heavy (non-hydrogen) atoms. The summed E-state index contributed by atoms with van der Waals surface area (Å²) in [5.41, 5.74) is 2.05. The molecule has 0 heterocycles. The van der Waals surface area contributed by atoms with Crippen LogP contribution in [0.5, 0.6) is 0 Å². The highest BCUT2D eigenvalue weighted by molar-refractivity contribution is 5.16. The summed E-state index contributed by atoms with van der Waals surface area (Å²) in [5.74, 6) is 0. The Kier molecular flexibility index (Phi) is 9.05. The Labute approximate surface area is 202 Å². The van der Waals surface area contributed by atoms with Gasteiger partial charge in [-0.05, 0) is 36.0 Å². The van der Waals surface area contributed by atoms with E-state index in [1.807, 2.05) is 97.1 Å². The molecule has 3 atom stereocenters. The molecular weight excluding hydrogens is 424 g/mol. The third-order valence-electron chi connectivity index (χ3n) is 6.16. The number of ether oxygens (including phenoxy) is 3. The van der Waals surface area contributed by atoms with Crippen LogP contribution in [0.15, 0.2) is 103 Å². The largest absolute Gasteiger partial charge is 0.385 e. The molecule has 1 aliphatic rings. The van der Waals surface area contributed by atoms with Crippen molar-refractivity contribution >= 4 is 0 Å². The fraction of sp³-hybridized carbons (Fsp3) is 0.333. The van der Waals surface area contributed by atoms with Gasteiger partial charge in [-0.1, -0.05) is 103 Å². The van der Waals surface area contributed by atoms with Crippen LogP contribution in [0.2, 0.25) is 0 Å². The van der Waals surface area contributed by atoms with Crippen molar-refractivity contribution in [1.29, 1.82) is 0 Å². The maximum absolute atomic E-state index is 11.9. The topological polar surface area (TPSA) is 47.9 Å². The van der Waals surface area contributed by atoms with E-state index in [1.54, 1.807) is 0 Å². The molecule has 0 saturated heterocycles. The van der Waals surface area contributed by atoms with E-state index in [-0.39, 0.29) is 6.61 Å². The minimum absolute atomic E-state index is 0.181. The van der Waals surface area contributed by atoms with Crippen LogP contribution in [0.25, 0.3) is 0 Å². The second kappa shape index (κ2) is 12.6. The van der Waals surface area contributed by atoms with Crippen LogP contribution in [-0.4, -0.2) is 29.5 Å². The summed E-state index contributed by atoms with van der Waals surface area (Å²) in [6.07, 6.45) is 5.55. The Morgan fingerprint density at radius 1 is 0.706 bits per heavy atom. The van der Waals surface area contributed by atoms with Crippen molar-refractivity contribution in [1.82, 2.24) is 0 Å². The molecule has 0 amide bonds. The van der Waals surface area contributed by atoms with Gasteiger partial charge in [0.2, 0.25) is 0 Å². The van der Waals surface area contributed by atoms with E-state index < -0.39 is 17.8 Å². The quantitative estimate of drug-likeness (QED) is 0.388. The van der Waals surface area contributed by atoms with Crippen LogP contribution >= 0.6 is 0 Å². The number of rotatable bonds is 10. The lowest BCUT2D eigenvalue weighted by atomic mass is 9.85. The smallest absolute Gasteiger partial charge is 0.119 e. The average Bonchev–Trinajstić information content (AvgIpc) is 2.87. The Hall–Kier alpha value is -2.76. The summed E-state index contributed by atoms with van der Waals surface area (Å²) in [6.45, 7) is 1.47. The zero-order chi connectivity index (χ0) is 23.5. The SMILES string of the molecule is O[C@@]1(COCc2ccccc2)CCC/C=C\[C@@H](OCc2ccccc2)[C@@H]1OCc1ccccc1. The molecule has 3 aromatic carbocycles. The van der Waals surface area contributed by atoms with Gasteiger partial charge in [-0.2, -0.15) is 0 Å². The van der Waals surface area contributed by atoms with Crippen LogP contribution in [0, 0.1) is 0 Å². The number of allylic oxidation sites excluding steroid dienone is 1. The first-order valence-electron chi connectivity index (χ1n) is 12.0. The summed E-state index contributed by atoms with van der Waals surface area (Å²) in [5, 5.41) is 11.9. The Morgan fingerprint density at radius 2 is 1.24 bits per heavy atom. The molecule has 178 valence electrons. The lowest BCUT2D eigenvalue weighted by Gasteiger charge is -2.40. The van der Waals surface area contributed by atoms with E-state index >= 15 is 0 Å². The van der Waals surface area contributed by atoms with Crippen LogP contribution in [-0.2, 0) is 34.0 Å². The van der Waals surface area contributed by atoms with Gasteiger partial charge in [-0.15, -0.1) is 0 Å². The predicted molar refractivity (Wildman–Crippen MR) is 134 cm³/mol. The molecule has 0 fully saturated rings. The fourth-order valence-electron chi connectivity index (χ4n) is 4.30. The minimum Gasteiger partial charge on any atom is -0.385 e. The van der Waals surface area contributed by atoms with Gasteiger partial charge < -0.3 is 19.3 Å². The molecule has 0 aromatic heterocycles. The first-order chi connectivity index (χ1) is 16.7. The van der Waals surface area contributed by atoms with Crippen molar-refractivity contribution in [3.05, 3.63) is 120 Å². The molecule has 0 unspecified atom stereocenters. The summed E-state index contributed by atoms with van der Waals surface area (Å²) in [6, 6.07) is 30.2. The second-order valence-electron chi connectivity index (χ2n) is 8.88. The highest BCUT2D eigenvalue weighted by atomic mass is 16.6. The van der Waals surface area contributed by atoms with E-state index in [2.05, 4.69) is 6.08 Å². The molecule has 4 rings (SSSR count). The van der Waals surface area contributed by atoms with Crippen molar-refractivity contribution in [3.8, 4) is 0 Å². The maximum atomic E-state index is 11.9. The maximum Gasteiger partial charge on any atom is 0.119 e. The third-order valence-corrected chi connectivity index (χ3v) is 6.16. The van der Waals surface area contributed by atoms with E-state index in [1.165, 1.54) is 0 Å². The predicted octanol–water partition coefficient (Wildman–Crippen LogP) is 5.85. The summed E-state index contributed by atoms with van der Waals surface area (Å²) in [7, 11) is 0.